The molecule has 1 saturated heterocycles. The van der Waals surface area contributed by atoms with Gasteiger partial charge in [-0.2, -0.15) is 0 Å². The first kappa shape index (κ1) is 36.4. The van der Waals surface area contributed by atoms with E-state index in [0.29, 0.717) is 12.4 Å². The van der Waals surface area contributed by atoms with E-state index in [0.717, 1.165) is 16.7 Å². The number of hydrogen-bond donors (Lipinski definition) is 2. The molecule has 1 aliphatic heterocycles. The van der Waals surface area contributed by atoms with Gasteiger partial charge in [0.05, 0.1) is 13.1 Å². The van der Waals surface area contributed by atoms with Crippen LogP contribution in [0.3, 0.4) is 0 Å². The van der Waals surface area contributed by atoms with Crippen molar-refractivity contribution in [1.82, 2.24) is 20.0 Å². The second-order valence-corrected chi connectivity index (χ2v) is 13.0. The summed E-state index contributed by atoms with van der Waals surface area (Å²) in [5, 5.41) is 2.55. The summed E-state index contributed by atoms with van der Waals surface area (Å²) in [7, 11) is 1.46. The number of ether oxygens (including phenoxy) is 2. The summed E-state index contributed by atoms with van der Waals surface area (Å²) in [5.74, 6) is -1.50. The highest BCUT2D eigenvalue weighted by atomic mass is 16.6. The third-order valence-electron chi connectivity index (χ3n) is 8.04. The van der Waals surface area contributed by atoms with Crippen LogP contribution in [-0.2, 0) is 43.4 Å². The summed E-state index contributed by atoms with van der Waals surface area (Å²) in [6.07, 6.45) is -0.201. The Hall–Kier alpha value is -5.39. The lowest BCUT2D eigenvalue weighted by molar-refractivity contribution is -0.145. The van der Waals surface area contributed by atoms with E-state index >= 15 is 0 Å². The Balaban J connectivity index is 1.38. The molecule has 5 amide bonds. The fraction of sp³-hybridized carbons (Fsp3) is 0.378. The lowest BCUT2D eigenvalue weighted by Crippen LogP contribution is -2.61. The molecule has 4 rings (SSSR count). The molecule has 49 heavy (non-hydrogen) atoms. The number of nitrogens with one attached hydrogen (secondary N) is 1. The molecular formula is C37H45N5O7. The largest absolute Gasteiger partial charge is 0.489 e. The van der Waals surface area contributed by atoms with Crippen molar-refractivity contribution in [2.45, 2.75) is 57.9 Å². The SMILES string of the molecule is CN(C(=O)CNC(=O)CN1CCN(C(=O)OC(C)(C)C)C(Cc2ccc(OCc3ccccc3)cc2)C1=O)[C@@H](Cc1ccccc1)C(N)=O. The molecule has 0 saturated carbocycles. The first-order valence-electron chi connectivity index (χ1n) is 16.2. The van der Waals surface area contributed by atoms with Gasteiger partial charge in [0.25, 0.3) is 0 Å². The predicted molar refractivity (Wildman–Crippen MR) is 183 cm³/mol. The minimum absolute atomic E-state index is 0.100. The van der Waals surface area contributed by atoms with Gasteiger partial charge in [-0.25, -0.2) is 4.79 Å². The number of piperazine rings is 1. The fourth-order valence-corrected chi connectivity index (χ4v) is 5.39. The van der Waals surface area contributed by atoms with Crippen molar-refractivity contribution >= 4 is 29.7 Å². The van der Waals surface area contributed by atoms with Crippen molar-refractivity contribution < 1.29 is 33.4 Å². The number of primary amides is 1. The quantitative estimate of drug-likeness (QED) is 0.284. The van der Waals surface area contributed by atoms with Crippen LogP contribution in [0.15, 0.2) is 84.9 Å². The molecule has 0 aliphatic carbocycles. The Morgan fingerprint density at radius 2 is 1.51 bits per heavy atom. The molecule has 12 nitrogen and oxygen atoms in total. The highest BCUT2D eigenvalue weighted by Crippen LogP contribution is 2.22. The average Bonchev–Trinajstić information content (AvgIpc) is 3.07. The van der Waals surface area contributed by atoms with E-state index in [9.17, 15) is 24.0 Å². The molecule has 1 fully saturated rings. The molecule has 3 aromatic rings. The molecule has 12 heteroatoms. The molecule has 2 atom stereocenters. The van der Waals surface area contributed by atoms with Gasteiger partial charge < -0.3 is 30.3 Å². The van der Waals surface area contributed by atoms with Crippen LogP contribution in [0.4, 0.5) is 4.79 Å². The van der Waals surface area contributed by atoms with E-state index in [4.69, 9.17) is 15.2 Å². The first-order chi connectivity index (χ1) is 23.3. The van der Waals surface area contributed by atoms with Crippen LogP contribution in [0.1, 0.15) is 37.5 Å². The van der Waals surface area contributed by atoms with Gasteiger partial charge in [0.1, 0.15) is 30.0 Å². The average molecular weight is 672 g/mol. The van der Waals surface area contributed by atoms with Crippen LogP contribution in [0.25, 0.3) is 0 Å². The lowest BCUT2D eigenvalue weighted by Gasteiger charge is -2.40. The van der Waals surface area contributed by atoms with Gasteiger partial charge in [0, 0.05) is 33.0 Å². The first-order valence-corrected chi connectivity index (χ1v) is 16.2. The van der Waals surface area contributed by atoms with E-state index in [1.54, 1.807) is 20.8 Å². The molecule has 3 aromatic carbocycles. The van der Waals surface area contributed by atoms with Gasteiger partial charge in [-0.3, -0.25) is 24.1 Å². The van der Waals surface area contributed by atoms with Gasteiger partial charge in [-0.1, -0.05) is 72.8 Å². The zero-order valence-corrected chi connectivity index (χ0v) is 28.5. The number of carbonyl (C=O) groups is 5. The van der Waals surface area contributed by atoms with Gasteiger partial charge in [-0.15, -0.1) is 0 Å². The summed E-state index contributed by atoms with van der Waals surface area (Å²) in [6.45, 7) is 5.22. The Kier molecular flexibility index (Phi) is 12.4. The predicted octanol–water partition coefficient (Wildman–Crippen LogP) is 2.93. The molecule has 260 valence electrons. The third kappa shape index (κ3) is 10.8. The van der Waals surface area contributed by atoms with E-state index in [1.165, 1.54) is 21.7 Å². The highest BCUT2D eigenvalue weighted by Gasteiger charge is 2.40. The second kappa shape index (κ2) is 16.6. The van der Waals surface area contributed by atoms with Crippen molar-refractivity contribution in [2.24, 2.45) is 5.73 Å². The zero-order valence-electron chi connectivity index (χ0n) is 28.5. The van der Waals surface area contributed by atoms with Crippen LogP contribution in [-0.4, -0.2) is 95.3 Å². The Bertz CT molecular complexity index is 1590. The maximum absolute atomic E-state index is 13.8. The topological polar surface area (TPSA) is 152 Å². The lowest BCUT2D eigenvalue weighted by atomic mass is 10.0. The summed E-state index contributed by atoms with van der Waals surface area (Å²) >= 11 is 0. The van der Waals surface area contributed by atoms with Crippen molar-refractivity contribution in [2.75, 3.05) is 33.2 Å². The molecule has 0 aromatic heterocycles. The van der Waals surface area contributed by atoms with Gasteiger partial charge in [0.2, 0.25) is 23.6 Å². The fourth-order valence-electron chi connectivity index (χ4n) is 5.39. The minimum Gasteiger partial charge on any atom is -0.489 e. The normalized spacial score (nSPS) is 15.3. The zero-order chi connectivity index (χ0) is 35.6. The standard InChI is InChI=1S/C37H45N5O7/c1-37(2,3)49-36(47)42-20-19-41(24-32(43)39-23-33(44)40(4)30(34(38)45)21-26-11-7-5-8-12-26)35(46)31(42)22-27-15-17-29(18-16-27)48-25-28-13-9-6-10-14-28/h5-18,30-31H,19-25H2,1-4H3,(H2,38,45)(H,39,43)/t30-,31?/m0/s1. The highest BCUT2D eigenvalue weighted by molar-refractivity contribution is 5.93. The van der Waals surface area contributed by atoms with Crippen molar-refractivity contribution in [3.63, 3.8) is 0 Å². The van der Waals surface area contributed by atoms with E-state index in [1.807, 2.05) is 84.9 Å². The van der Waals surface area contributed by atoms with Crippen molar-refractivity contribution in [3.8, 4) is 5.75 Å². The van der Waals surface area contributed by atoms with Crippen LogP contribution in [0.5, 0.6) is 5.75 Å². The summed E-state index contributed by atoms with van der Waals surface area (Å²) in [5.41, 5.74) is 7.48. The van der Waals surface area contributed by atoms with E-state index < -0.39 is 47.4 Å². The molecule has 1 unspecified atom stereocenters. The molecule has 1 heterocycles. The molecule has 1 aliphatic rings. The summed E-state index contributed by atoms with van der Waals surface area (Å²) in [4.78, 5) is 69.0. The maximum atomic E-state index is 13.8. The van der Waals surface area contributed by atoms with Crippen LogP contribution < -0.4 is 15.8 Å². The molecule has 0 bridgehead atoms. The van der Waals surface area contributed by atoms with E-state index in [-0.39, 0.29) is 39.0 Å². The van der Waals surface area contributed by atoms with Crippen molar-refractivity contribution in [1.29, 1.82) is 0 Å². The number of amides is 5. The number of hydrogen-bond acceptors (Lipinski definition) is 7. The number of nitrogens with two attached hydrogens (primary N) is 1. The maximum Gasteiger partial charge on any atom is 0.411 e. The minimum atomic E-state index is -0.922. The number of benzene rings is 3. The van der Waals surface area contributed by atoms with Gasteiger partial charge >= 0.3 is 6.09 Å². The third-order valence-corrected chi connectivity index (χ3v) is 8.04. The Morgan fingerprint density at radius 1 is 0.898 bits per heavy atom. The number of rotatable bonds is 13. The monoisotopic (exact) mass is 671 g/mol. The number of likely N-dealkylation sites (N-methyl/N-ethyl adjacent to an activating group) is 1. The van der Waals surface area contributed by atoms with Crippen LogP contribution in [0, 0.1) is 0 Å². The van der Waals surface area contributed by atoms with Crippen LogP contribution in [0.2, 0.25) is 0 Å². The Morgan fingerprint density at radius 3 is 2.10 bits per heavy atom. The molecule has 0 spiro atoms. The summed E-state index contributed by atoms with van der Waals surface area (Å²) < 4.78 is 11.5. The van der Waals surface area contributed by atoms with E-state index in [2.05, 4.69) is 5.32 Å². The molecular weight excluding hydrogens is 626 g/mol. The number of carbonyl (C=O) groups excluding carboxylic acids is 5. The number of nitrogens with zero attached hydrogens (tertiary/aromatic N) is 3. The van der Waals surface area contributed by atoms with Crippen molar-refractivity contribution in [3.05, 3.63) is 102 Å². The molecule has 3 N–H and O–H groups in total. The second-order valence-electron chi connectivity index (χ2n) is 13.0. The summed E-state index contributed by atoms with van der Waals surface area (Å²) in [6, 6.07) is 24.4. The van der Waals surface area contributed by atoms with Gasteiger partial charge in [0.15, 0.2) is 0 Å². The van der Waals surface area contributed by atoms with Crippen LogP contribution >= 0.6 is 0 Å². The smallest absolute Gasteiger partial charge is 0.411 e. The molecule has 0 radical (unpaired) electrons. The Labute approximate surface area is 287 Å². The van der Waals surface area contributed by atoms with Gasteiger partial charge in [-0.05, 0) is 49.6 Å².